The Morgan fingerprint density at radius 3 is 2.28 bits per heavy atom. The van der Waals surface area contributed by atoms with Crippen molar-refractivity contribution in [3.05, 3.63) is 72.8 Å². The van der Waals surface area contributed by atoms with E-state index in [2.05, 4.69) is 42.2 Å². The Balaban J connectivity index is 1.39. The second-order valence-electron chi connectivity index (χ2n) is 9.65. The van der Waals surface area contributed by atoms with Crippen molar-refractivity contribution in [2.75, 3.05) is 19.8 Å². The molecule has 8 heteroatoms. The van der Waals surface area contributed by atoms with Gasteiger partial charge in [0.05, 0.1) is 4.90 Å². The fourth-order valence-corrected chi connectivity index (χ4v) is 6.72. The second-order valence-corrected chi connectivity index (χ2v) is 11.9. The van der Waals surface area contributed by atoms with Crippen molar-refractivity contribution < 1.29 is 23.2 Å². The largest absolute Gasteiger partial charge is 0.385 e. The van der Waals surface area contributed by atoms with E-state index in [9.17, 15) is 18.4 Å². The lowest BCUT2D eigenvalue weighted by Crippen LogP contribution is -2.54. The number of carbonyl (C=O) groups is 1. The Morgan fingerprint density at radius 1 is 0.972 bits per heavy atom. The van der Waals surface area contributed by atoms with Gasteiger partial charge in [0, 0.05) is 25.5 Å². The lowest BCUT2D eigenvalue weighted by molar-refractivity contribution is -0.134. The maximum atomic E-state index is 13.5. The lowest BCUT2D eigenvalue weighted by Gasteiger charge is -2.34. The topological polar surface area (TPSA) is 105 Å². The Morgan fingerprint density at radius 2 is 1.61 bits per heavy atom. The molecule has 1 saturated carbocycles. The van der Waals surface area contributed by atoms with Crippen LogP contribution in [0, 0.1) is 5.92 Å². The maximum absolute atomic E-state index is 13.5. The molecule has 1 amide bonds. The van der Waals surface area contributed by atoms with Crippen LogP contribution in [0.4, 0.5) is 0 Å². The lowest BCUT2D eigenvalue weighted by atomic mass is 9.98. The minimum absolute atomic E-state index is 0.0152. The van der Waals surface area contributed by atoms with Crippen LogP contribution in [0.1, 0.15) is 31.2 Å². The third-order valence-electron chi connectivity index (χ3n) is 7.32. The molecule has 0 atom stereocenters. The molecule has 188 valence electrons. The van der Waals surface area contributed by atoms with E-state index in [0.29, 0.717) is 0 Å². The summed E-state index contributed by atoms with van der Waals surface area (Å²) in [5, 5.41) is 14.8. The van der Waals surface area contributed by atoms with Gasteiger partial charge in [-0.3, -0.25) is 10.0 Å². The van der Waals surface area contributed by atoms with Gasteiger partial charge in [-0.15, -0.1) is 0 Å². The molecule has 1 saturated heterocycles. The van der Waals surface area contributed by atoms with Crippen molar-refractivity contribution in [3.8, 4) is 11.1 Å². The number of carbonyl (C=O) groups excluding carboxylic acids is 1. The molecule has 3 aromatic rings. The summed E-state index contributed by atoms with van der Waals surface area (Å²) >= 11 is 0. The van der Waals surface area contributed by atoms with Crippen LogP contribution in [0.15, 0.2) is 72.1 Å². The van der Waals surface area contributed by atoms with Gasteiger partial charge in [0.2, 0.25) is 0 Å². The van der Waals surface area contributed by atoms with Gasteiger partial charge in [-0.2, -0.15) is 0 Å². The van der Waals surface area contributed by atoms with Crippen molar-refractivity contribution in [2.45, 2.75) is 35.3 Å². The molecule has 3 N–H and O–H groups in total. The number of hydroxylamine groups is 1. The van der Waals surface area contributed by atoms with E-state index in [1.165, 1.54) is 25.0 Å². The summed E-state index contributed by atoms with van der Waals surface area (Å²) in [4.78, 5) is 12.5. The van der Waals surface area contributed by atoms with Gasteiger partial charge in [-0.25, -0.2) is 13.9 Å². The highest BCUT2D eigenvalue weighted by Crippen LogP contribution is 2.36. The Labute approximate surface area is 211 Å². The molecule has 0 aromatic heterocycles. The number of ether oxygens (including phenoxy) is 1. The smallest absolute Gasteiger partial charge is 0.265 e. The number of sulfone groups is 1. The van der Waals surface area contributed by atoms with Crippen molar-refractivity contribution >= 4 is 32.2 Å². The fourth-order valence-electron chi connectivity index (χ4n) is 4.78. The van der Waals surface area contributed by atoms with Crippen LogP contribution in [0.2, 0.25) is 0 Å². The SMILES string of the molecule is C=C(NCC1CC1)c1ccc2cc(-c3ccc(S(=O)(=O)C4(C(=O)NO)CCOCC4)cc3)ccc2c1. The summed E-state index contributed by atoms with van der Waals surface area (Å²) in [5.41, 5.74) is 5.37. The molecule has 0 bridgehead atoms. The minimum Gasteiger partial charge on any atom is -0.385 e. The Kier molecular flexibility index (Phi) is 6.59. The van der Waals surface area contributed by atoms with E-state index >= 15 is 0 Å². The molecular formula is C28H30N2O5S. The van der Waals surface area contributed by atoms with Crippen molar-refractivity contribution in [1.82, 2.24) is 10.8 Å². The average Bonchev–Trinajstić information content (AvgIpc) is 3.75. The molecule has 7 nitrogen and oxygen atoms in total. The zero-order valence-corrected chi connectivity index (χ0v) is 20.8. The average molecular weight is 507 g/mol. The molecule has 36 heavy (non-hydrogen) atoms. The van der Waals surface area contributed by atoms with Gasteiger partial charge < -0.3 is 10.1 Å². The molecule has 5 rings (SSSR count). The van der Waals surface area contributed by atoms with Crippen LogP contribution in [0.5, 0.6) is 0 Å². The number of fused-ring (bicyclic) bond motifs is 1. The highest BCUT2D eigenvalue weighted by atomic mass is 32.2. The van der Waals surface area contributed by atoms with E-state index < -0.39 is 20.5 Å². The zero-order chi connectivity index (χ0) is 25.3. The molecule has 1 heterocycles. The summed E-state index contributed by atoms with van der Waals surface area (Å²) in [6, 6.07) is 18.9. The van der Waals surface area contributed by atoms with Gasteiger partial charge in [0.1, 0.15) is 0 Å². The minimum atomic E-state index is -4.05. The first kappa shape index (κ1) is 24.5. The number of nitrogens with one attached hydrogen (secondary N) is 2. The second kappa shape index (κ2) is 9.69. The van der Waals surface area contributed by atoms with Crippen LogP contribution in [-0.2, 0) is 19.4 Å². The van der Waals surface area contributed by atoms with Crippen LogP contribution in [0.25, 0.3) is 27.6 Å². The Bertz CT molecular complexity index is 1410. The number of hydrogen-bond acceptors (Lipinski definition) is 6. The maximum Gasteiger partial charge on any atom is 0.265 e. The summed E-state index contributed by atoms with van der Waals surface area (Å²) in [5.74, 6) is -0.144. The number of rotatable bonds is 8. The van der Waals surface area contributed by atoms with Gasteiger partial charge in [0.15, 0.2) is 14.6 Å². The molecule has 3 aromatic carbocycles. The zero-order valence-electron chi connectivity index (χ0n) is 20.0. The van der Waals surface area contributed by atoms with E-state index in [1.807, 2.05) is 6.07 Å². The standard InChI is InChI=1S/C28H30N2O5S/c1-19(29-18-20-2-3-20)22-4-5-25-17-23(6-7-24(25)16-22)21-8-10-26(11-9-21)36(33,34)28(27(31)30-32)12-14-35-15-13-28/h4-11,16-17,20,29,32H,1-3,12-15,18H2,(H,30,31). The van der Waals surface area contributed by atoms with Crippen molar-refractivity contribution in [2.24, 2.45) is 5.92 Å². The summed E-state index contributed by atoms with van der Waals surface area (Å²) < 4.78 is 30.5. The van der Waals surface area contributed by atoms with Gasteiger partial charge in [-0.05, 0) is 83.3 Å². The van der Waals surface area contributed by atoms with Crippen molar-refractivity contribution in [1.29, 1.82) is 0 Å². The third-order valence-corrected chi connectivity index (χ3v) is 9.83. The highest BCUT2D eigenvalue weighted by molar-refractivity contribution is 7.93. The first-order valence-electron chi connectivity index (χ1n) is 12.2. The molecular weight excluding hydrogens is 476 g/mol. The van der Waals surface area contributed by atoms with Crippen LogP contribution in [-0.4, -0.2) is 44.0 Å². The number of benzene rings is 3. The predicted octanol–water partition coefficient (Wildman–Crippen LogP) is 4.31. The number of amides is 1. The monoisotopic (exact) mass is 506 g/mol. The molecule has 0 unspecified atom stereocenters. The van der Waals surface area contributed by atoms with Gasteiger partial charge >= 0.3 is 0 Å². The first-order valence-corrected chi connectivity index (χ1v) is 13.7. The molecule has 2 fully saturated rings. The first-order chi connectivity index (χ1) is 17.3. The predicted molar refractivity (Wildman–Crippen MR) is 139 cm³/mol. The third kappa shape index (κ3) is 4.52. The summed E-state index contributed by atoms with van der Waals surface area (Å²) in [6.45, 7) is 5.41. The quantitative estimate of drug-likeness (QED) is 0.311. The highest BCUT2D eigenvalue weighted by Gasteiger charge is 2.52. The fraction of sp³-hybridized carbons (Fsp3) is 0.321. The molecule has 1 aliphatic heterocycles. The Hall–Kier alpha value is -3.20. The molecule has 0 radical (unpaired) electrons. The van der Waals surface area contributed by atoms with E-state index in [-0.39, 0.29) is 31.0 Å². The van der Waals surface area contributed by atoms with Crippen LogP contribution in [0.3, 0.4) is 0 Å². The van der Waals surface area contributed by atoms with Crippen LogP contribution < -0.4 is 10.8 Å². The van der Waals surface area contributed by atoms with E-state index in [0.717, 1.165) is 45.6 Å². The van der Waals surface area contributed by atoms with Gasteiger partial charge in [-0.1, -0.05) is 43.0 Å². The molecule has 0 spiro atoms. The summed E-state index contributed by atoms with van der Waals surface area (Å²) in [7, 11) is -4.05. The van der Waals surface area contributed by atoms with Gasteiger partial charge in [0.25, 0.3) is 5.91 Å². The van der Waals surface area contributed by atoms with E-state index in [1.54, 1.807) is 17.6 Å². The van der Waals surface area contributed by atoms with Crippen molar-refractivity contribution in [3.63, 3.8) is 0 Å². The normalized spacial score (nSPS) is 17.5. The molecule has 1 aliphatic carbocycles. The van der Waals surface area contributed by atoms with Crippen LogP contribution >= 0.6 is 0 Å². The van der Waals surface area contributed by atoms with E-state index in [4.69, 9.17) is 4.74 Å². The molecule has 2 aliphatic rings. The number of hydrogen-bond donors (Lipinski definition) is 3. The summed E-state index contributed by atoms with van der Waals surface area (Å²) in [6.07, 6.45) is 2.56.